The van der Waals surface area contributed by atoms with Crippen molar-refractivity contribution in [1.82, 2.24) is 9.97 Å². The lowest BCUT2D eigenvalue weighted by atomic mass is 9.99. The maximum Gasteiger partial charge on any atom is 0.165 e. The molecule has 2 heterocycles. The molecule has 2 aromatic carbocycles. The predicted molar refractivity (Wildman–Crippen MR) is 97.2 cm³/mol. The second kappa shape index (κ2) is 6.31. The molecule has 0 unspecified atom stereocenters. The Kier molecular flexibility index (Phi) is 3.99. The third-order valence-electron chi connectivity index (χ3n) is 4.87. The average Bonchev–Trinajstić information content (AvgIpc) is 2.61. The summed E-state index contributed by atoms with van der Waals surface area (Å²) in [5, 5.41) is 11.0. The molecule has 0 amide bonds. The third kappa shape index (κ3) is 3.02. The summed E-state index contributed by atoms with van der Waals surface area (Å²) < 4.78 is 13.8. The van der Waals surface area contributed by atoms with Crippen LogP contribution in [0, 0.1) is 11.7 Å². The molecule has 0 bridgehead atoms. The molecule has 0 radical (unpaired) electrons. The van der Waals surface area contributed by atoms with Crippen LogP contribution in [0.3, 0.4) is 0 Å². The number of rotatable bonds is 2. The van der Waals surface area contributed by atoms with Crippen molar-refractivity contribution >= 4 is 16.7 Å². The molecule has 1 saturated heterocycles. The van der Waals surface area contributed by atoms with Crippen LogP contribution in [0.1, 0.15) is 19.8 Å². The van der Waals surface area contributed by atoms with Crippen LogP contribution in [-0.2, 0) is 0 Å². The number of nitrogens with zero attached hydrogens (tertiary/aromatic N) is 3. The van der Waals surface area contributed by atoms with E-state index in [0.29, 0.717) is 22.8 Å². The van der Waals surface area contributed by atoms with E-state index < -0.39 is 0 Å². The van der Waals surface area contributed by atoms with Crippen molar-refractivity contribution < 1.29 is 9.50 Å². The van der Waals surface area contributed by atoms with Gasteiger partial charge < -0.3 is 10.0 Å². The first-order valence-electron chi connectivity index (χ1n) is 8.62. The zero-order valence-electron chi connectivity index (χ0n) is 14.1. The molecule has 1 aliphatic heterocycles. The summed E-state index contributed by atoms with van der Waals surface area (Å²) in [5.41, 5.74) is 1.11. The number of piperidine rings is 1. The molecule has 5 heteroatoms. The standard InChI is InChI=1S/C20H20FN3O/c1-13-8-10-24(11-9-13)20-15-7-6-14(21)12-17(15)22-19(23-20)16-4-2-3-5-18(16)25/h2-7,12-13,25H,8-11H2,1H3. The fourth-order valence-electron chi connectivity index (χ4n) is 3.33. The van der Waals surface area contributed by atoms with Crippen molar-refractivity contribution in [3.63, 3.8) is 0 Å². The highest BCUT2D eigenvalue weighted by atomic mass is 19.1. The van der Waals surface area contributed by atoms with E-state index in [4.69, 9.17) is 4.98 Å². The van der Waals surface area contributed by atoms with Gasteiger partial charge in [0.2, 0.25) is 0 Å². The van der Waals surface area contributed by atoms with Gasteiger partial charge in [-0.15, -0.1) is 0 Å². The Morgan fingerprint density at radius 3 is 2.60 bits per heavy atom. The second-order valence-electron chi connectivity index (χ2n) is 6.72. The Morgan fingerprint density at radius 2 is 1.84 bits per heavy atom. The molecule has 1 N–H and O–H groups in total. The summed E-state index contributed by atoms with van der Waals surface area (Å²) in [5.74, 6) is 1.74. The molecule has 4 nitrogen and oxygen atoms in total. The number of benzene rings is 2. The number of anilines is 1. The van der Waals surface area contributed by atoms with Crippen molar-refractivity contribution in [1.29, 1.82) is 0 Å². The smallest absolute Gasteiger partial charge is 0.165 e. The van der Waals surface area contributed by atoms with Gasteiger partial charge in [-0.05, 0) is 43.0 Å². The Hall–Kier alpha value is -2.69. The van der Waals surface area contributed by atoms with E-state index in [2.05, 4.69) is 16.8 Å². The van der Waals surface area contributed by atoms with Crippen LogP contribution in [0.5, 0.6) is 5.75 Å². The van der Waals surface area contributed by atoms with Gasteiger partial charge >= 0.3 is 0 Å². The number of aromatic nitrogens is 2. The topological polar surface area (TPSA) is 49.2 Å². The quantitative estimate of drug-likeness (QED) is 0.754. The number of para-hydroxylation sites is 1. The highest BCUT2D eigenvalue weighted by Gasteiger charge is 2.21. The van der Waals surface area contributed by atoms with E-state index in [-0.39, 0.29) is 11.6 Å². The van der Waals surface area contributed by atoms with E-state index in [9.17, 15) is 9.50 Å². The molecule has 0 saturated carbocycles. The van der Waals surface area contributed by atoms with E-state index in [1.165, 1.54) is 12.1 Å². The molecular formula is C20H20FN3O. The number of hydrogen-bond donors (Lipinski definition) is 1. The molecule has 128 valence electrons. The van der Waals surface area contributed by atoms with Crippen LogP contribution in [0.25, 0.3) is 22.3 Å². The average molecular weight is 337 g/mol. The minimum absolute atomic E-state index is 0.122. The maximum absolute atomic E-state index is 13.8. The number of phenolic OH excluding ortho intramolecular Hbond substituents is 1. The van der Waals surface area contributed by atoms with Gasteiger partial charge in [-0.1, -0.05) is 19.1 Å². The summed E-state index contributed by atoms with van der Waals surface area (Å²) in [6, 6.07) is 11.6. The van der Waals surface area contributed by atoms with Crippen LogP contribution in [0.15, 0.2) is 42.5 Å². The largest absolute Gasteiger partial charge is 0.507 e. The molecule has 1 aromatic heterocycles. The third-order valence-corrected chi connectivity index (χ3v) is 4.87. The van der Waals surface area contributed by atoms with Gasteiger partial charge in [0.15, 0.2) is 5.82 Å². The Labute approximate surface area is 146 Å². The van der Waals surface area contributed by atoms with Gasteiger partial charge in [0.25, 0.3) is 0 Å². The Morgan fingerprint density at radius 1 is 1.08 bits per heavy atom. The van der Waals surface area contributed by atoms with E-state index in [0.717, 1.165) is 37.1 Å². The number of hydrogen-bond acceptors (Lipinski definition) is 4. The van der Waals surface area contributed by atoms with Crippen LogP contribution in [0.4, 0.5) is 10.2 Å². The summed E-state index contributed by atoms with van der Waals surface area (Å²) >= 11 is 0. The normalized spacial score (nSPS) is 15.7. The molecule has 0 atom stereocenters. The van der Waals surface area contributed by atoms with Crippen molar-refractivity contribution in [2.45, 2.75) is 19.8 Å². The van der Waals surface area contributed by atoms with Gasteiger partial charge in [-0.2, -0.15) is 0 Å². The first-order valence-corrected chi connectivity index (χ1v) is 8.62. The van der Waals surface area contributed by atoms with E-state index >= 15 is 0 Å². The van der Waals surface area contributed by atoms with E-state index in [1.807, 2.05) is 6.07 Å². The van der Waals surface area contributed by atoms with Crippen molar-refractivity contribution in [2.24, 2.45) is 5.92 Å². The van der Waals surface area contributed by atoms with Crippen LogP contribution < -0.4 is 4.90 Å². The highest BCUT2D eigenvalue weighted by molar-refractivity contribution is 5.91. The van der Waals surface area contributed by atoms with E-state index in [1.54, 1.807) is 24.3 Å². The van der Waals surface area contributed by atoms with Gasteiger partial charge in [0, 0.05) is 24.5 Å². The number of fused-ring (bicyclic) bond motifs is 1. The summed E-state index contributed by atoms with van der Waals surface area (Å²) in [6.45, 7) is 4.11. The molecule has 0 spiro atoms. The molecule has 1 aliphatic rings. The molecule has 4 rings (SSSR count). The maximum atomic E-state index is 13.8. The SMILES string of the molecule is CC1CCN(c2nc(-c3ccccc3O)nc3cc(F)ccc23)CC1. The first kappa shape index (κ1) is 15.8. The van der Waals surface area contributed by atoms with Crippen molar-refractivity contribution in [3.05, 3.63) is 48.3 Å². The number of aromatic hydroxyl groups is 1. The molecule has 0 aliphatic carbocycles. The lowest BCUT2D eigenvalue weighted by molar-refractivity contribution is 0.437. The molecule has 25 heavy (non-hydrogen) atoms. The highest BCUT2D eigenvalue weighted by Crippen LogP contribution is 2.33. The fourth-order valence-corrected chi connectivity index (χ4v) is 3.33. The lowest BCUT2D eigenvalue weighted by Gasteiger charge is -2.32. The van der Waals surface area contributed by atoms with Gasteiger partial charge in [0.1, 0.15) is 17.4 Å². The first-order chi connectivity index (χ1) is 12.1. The minimum Gasteiger partial charge on any atom is -0.507 e. The number of phenols is 1. The Bertz CT molecular complexity index is 920. The fraction of sp³-hybridized carbons (Fsp3) is 0.300. The lowest BCUT2D eigenvalue weighted by Crippen LogP contribution is -2.33. The van der Waals surface area contributed by atoms with Crippen LogP contribution in [0.2, 0.25) is 0 Å². The summed E-state index contributed by atoms with van der Waals surface area (Å²) in [7, 11) is 0. The van der Waals surface area contributed by atoms with Gasteiger partial charge in [0.05, 0.1) is 11.1 Å². The zero-order chi connectivity index (χ0) is 17.4. The van der Waals surface area contributed by atoms with Crippen molar-refractivity contribution in [2.75, 3.05) is 18.0 Å². The molecular weight excluding hydrogens is 317 g/mol. The Balaban J connectivity index is 1.89. The van der Waals surface area contributed by atoms with Gasteiger partial charge in [-0.3, -0.25) is 0 Å². The monoisotopic (exact) mass is 337 g/mol. The summed E-state index contributed by atoms with van der Waals surface area (Å²) in [4.78, 5) is 11.5. The predicted octanol–water partition coefficient (Wildman–Crippen LogP) is 4.38. The minimum atomic E-state index is -0.326. The second-order valence-corrected chi connectivity index (χ2v) is 6.72. The molecule has 3 aromatic rings. The van der Waals surface area contributed by atoms with Gasteiger partial charge in [-0.25, -0.2) is 14.4 Å². The molecule has 1 fully saturated rings. The number of halogens is 1. The van der Waals surface area contributed by atoms with Crippen molar-refractivity contribution in [3.8, 4) is 17.1 Å². The zero-order valence-corrected chi connectivity index (χ0v) is 14.1. The van der Waals surface area contributed by atoms with Crippen LogP contribution in [-0.4, -0.2) is 28.2 Å². The van der Waals surface area contributed by atoms with Crippen LogP contribution >= 0.6 is 0 Å². The summed E-state index contributed by atoms with van der Waals surface area (Å²) in [6.07, 6.45) is 2.22.